The minimum Gasteiger partial charge on any atom is -0.273 e. The van der Waals surface area contributed by atoms with Gasteiger partial charge < -0.3 is 0 Å². The lowest BCUT2D eigenvalue weighted by molar-refractivity contribution is -0.116. The zero-order chi connectivity index (χ0) is 25.6. The Hall–Kier alpha value is -2.08. The first-order valence-electron chi connectivity index (χ1n) is 9.34. The van der Waals surface area contributed by atoms with Crippen LogP contribution in [0.25, 0.3) is 0 Å². The molecule has 0 aliphatic heterocycles. The predicted molar refractivity (Wildman–Crippen MR) is 92.2 cm³/mol. The number of carbonyl (C=O) groups is 2. The van der Waals surface area contributed by atoms with Gasteiger partial charge in [0, 0.05) is 36.0 Å². The molecule has 17 heteroatoms. The Balaban J connectivity index is 2.62. The van der Waals surface area contributed by atoms with Crippen LogP contribution in [0.5, 0.6) is 0 Å². The average molecular weight is 462 g/mol. The Kier molecular flexibility index (Phi) is 3.89. The number of aryl methyl sites for hydroxylation is 2. The molecular formula is C10H13N7O6S4. The van der Waals surface area contributed by atoms with E-state index in [0.717, 1.165) is 13.8 Å². The third-order valence-electron chi connectivity index (χ3n) is 2.27. The van der Waals surface area contributed by atoms with Crippen LogP contribution in [0, 0.1) is 0 Å². The normalized spacial score (nSPS) is 18.1. The van der Waals surface area contributed by atoms with Crippen LogP contribution >= 0.6 is 22.7 Å². The summed E-state index contributed by atoms with van der Waals surface area (Å²) < 4.78 is 93.9. The Morgan fingerprint density at radius 3 is 1.59 bits per heavy atom. The molecule has 0 aliphatic rings. The Morgan fingerprint density at radius 1 is 0.926 bits per heavy atom. The summed E-state index contributed by atoms with van der Waals surface area (Å²) in [7, 11) is -10.2. The highest BCUT2D eigenvalue weighted by molar-refractivity contribution is 8.06. The summed E-state index contributed by atoms with van der Waals surface area (Å²) >= 11 is 0.185. The van der Waals surface area contributed by atoms with Crippen molar-refractivity contribution in [1.29, 1.82) is 0 Å². The lowest BCUT2D eigenvalue weighted by Crippen LogP contribution is -2.30. The smallest absolute Gasteiger partial charge is 0.273 e. The van der Waals surface area contributed by atoms with Crippen LogP contribution in [0.4, 0.5) is 0 Å². The third kappa shape index (κ3) is 5.01. The van der Waals surface area contributed by atoms with E-state index in [1.807, 2.05) is 0 Å². The molecule has 0 radical (unpaired) electrons. The van der Waals surface area contributed by atoms with Crippen LogP contribution in [0.3, 0.4) is 0 Å². The van der Waals surface area contributed by atoms with E-state index < -0.39 is 64.1 Å². The number of aromatic nitrogens is 4. The molecule has 0 fully saturated rings. The van der Waals surface area contributed by atoms with E-state index in [1.54, 1.807) is 0 Å². The van der Waals surface area contributed by atoms with E-state index in [-0.39, 0.29) is 32.0 Å². The van der Waals surface area contributed by atoms with Gasteiger partial charge >= 0.3 is 0 Å². The monoisotopic (exact) mass is 461 g/mol. The van der Waals surface area contributed by atoms with Crippen LogP contribution < -0.4 is 13.7 Å². The van der Waals surface area contributed by atoms with Gasteiger partial charge in [-0.1, -0.05) is 26.8 Å². The number of nitrogens with zero attached hydrogens (tertiary/aromatic N) is 6. The first-order valence-corrected chi connectivity index (χ1v) is 10.9. The summed E-state index contributed by atoms with van der Waals surface area (Å²) in [5.41, 5.74) is 0. The molecule has 2 heterocycles. The quantitative estimate of drug-likeness (QED) is 0.535. The van der Waals surface area contributed by atoms with Crippen molar-refractivity contribution in [2.75, 3.05) is 0 Å². The van der Waals surface area contributed by atoms with Crippen molar-refractivity contribution in [2.24, 2.45) is 23.9 Å². The first-order chi connectivity index (χ1) is 14.7. The zero-order valence-corrected chi connectivity index (χ0v) is 16.5. The molecule has 2 amide bonds. The van der Waals surface area contributed by atoms with E-state index in [1.165, 1.54) is 4.13 Å². The Bertz CT molecular complexity index is 1350. The van der Waals surface area contributed by atoms with Gasteiger partial charge in [-0.2, -0.15) is 9.98 Å². The molecular weight excluding hydrogens is 442 g/mol. The molecule has 2 aromatic rings. The molecule has 0 aromatic carbocycles. The molecule has 2 aromatic heterocycles. The fraction of sp³-hybridized carbons (Fsp3) is 0.400. The maximum atomic E-state index is 12.6. The molecule has 1 N–H and O–H groups in total. The summed E-state index contributed by atoms with van der Waals surface area (Å²) in [4.78, 5) is 27.8. The molecule has 13 nitrogen and oxygen atoms in total. The van der Waals surface area contributed by atoms with E-state index in [4.69, 9.17) is 8.22 Å². The second-order valence-electron chi connectivity index (χ2n) is 4.48. The van der Waals surface area contributed by atoms with Crippen molar-refractivity contribution in [2.45, 2.75) is 22.5 Å². The molecule has 0 aliphatic carbocycles. The fourth-order valence-corrected chi connectivity index (χ4v) is 6.58. The SMILES string of the molecule is [2H]C([2H])([2H])n1nc(S(=O)(=O)NS(=O)(=O)c2nn(C([2H])([2H])[2H])c(=NC(C)=O)s2)sc1=NC(C)=O. The van der Waals surface area contributed by atoms with Gasteiger partial charge in [0.15, 0.2) is 0 Å². The number of amides is 2. The summed E-state index contributed by atoms with van der Waals surface area (Å²) in [5, 5.41) is 6.64. The minimum absolute atomic E-state index is 0.0926. The van der Waals surface area contributed by atoms with E-state index in [0.29, 0.717) is 0 Å². The maximum Gasteiger partial charge on any atom is 0.283 e. The number of nitrogens with one attached hydrogen (secondary N) is 1. The van der Waals surface area contributed by atoms with Crippen LogP contribution in [0.15, 0.2) is 18.7 Å². The van der Waals surface area contributed by atoms with E-state index in [2.05, 4.69) is 20.2 Å². The van der Waals surface area contributed by atoms with Gasteiger partial charge in [-0.15, -0.1) is 10.2 Å². The topological polar surface area (TPSA) is 175 Å². The number of rotatable bonds is 4. The second kappa shape index (κ2) is 7.50. The van der Waals surface area contributed by atoms with Crippen molar-refractivity contribution < 1.29 is 34.6 Å². The summed E-state index contributed by atoms with van der Waals surface area (Å²) in [5.74, 6) is -1.75. The van der Waals surface area contributed by atoms with Crippen molar-refractivity contribution in [3.8, 4) is 0 Å². The lowest BCUT2D eigenvalue weighted by Gasteiger charge is -2.01. The third-order valence-corrected chi connectivity index (χ3v) is 8.33. The van der Waals surface area contributed by atoms with Gasteiger partial charge in [0.05, 0.1) is 0 Å². The van der Waals surface area contributed by atoms with Crippen LogP contribution in [-0.4, -0.2) is 48.2 Å². The molecule has 0 bridgehead atoms. The molecule has 0 unspecified atom stereocenters. The lowest BCUT2D eigenvalue weighted by atomic mass is 10.8. The van der Waals surface area contributed by atoms with Gasteiger partial charge in [0.1, 0.15) is 0 Å². The van der Waals surface area contributed by atoms with Gasteiger partial charge in [-0.25, -0.2) is 26.2 Å². The summed E-state index contributed by atoms with van der Waals surface area (Å²) in [6.45, 7) is -4.18. The van der Waals surface area contributed by atoms with Crippen LogP contribution in [0.1, 0.15) is 22.1 Å². The van der Waals surface area contributed by atoms with Crippen LogP contribution in [-0.2, 0) is 43.6 Å². The van der Waals surface area contributed by atoms with Gasteiger partial charge in [-0.05, 0) is 0 Å². The summed E-state index contributed by atoms with van der Waals surface area (Å²) in [6, 6.07) is 0. The van der Waals surface area contributed by atoms with Crippen LogP contribution in [0.2, 0.25) is 0 Å². The molecule has 0 saturated carbocycles. The van der Waals surface area contributed by atoms with Gasteiger partial charge in [0.2, 0.25) is 30.1 Å². The standard InChI is InChI=1S/C10H13N7O6S4/c1-5(18)11-7-16(3)13-9(24-7)26(20,21)15-27(22,23)10-14-17(4)8(25-10)12-6(2)19/h15H,1-4H3/i3D3,4D3. The highest BCUT2D eigenvalue weighted by atomic mass is 32.3. The molecule has 0 saturated heterocycles. The first kappa shape index (κ1) is 14.0. The number of hydrogen-bond acceptors (Lipinski definition) is 10. The molecule has 0 atom stereocenters. The molecule has 2 rings (SSSR count). The van der Waals surface area contributed by atoms with Crippen molar-refractivity contribution in [1.82, 2.24) is 23.7 Å². The predicted octanol–water partition coefficient (Wildman–Crippen LogP) is -2.16. The largest absolute Gasteiger partial charge is 0.283 e. The van der Waals surface area contributed by atoms with E-state index >= 15 is 0 Å². The number of hydrogen-bond donors (Lipinski definition) is 1. The fourth-order valence-electron chi connectivity index (χ4n) is 1.37. The highest BCUT2D eigenvalue weighted by Gasteiger charge is 2.30. The Morgan fingerprint density at radius 2 is 1.30 bits per heavy atom. The van der Waals surface area contributed by atoms with Crippen molar-refractivity contribution in [3.05, 3.63) is 9.60 Å². The minimum atomic E-state index is -5.08. The molecule has 0 spiro atoms. The van der Waals surface area contributed by atoms with E-state index in [9.17, 15) is 26.4 Å². The second-order valence-corrected chi connectivity index (χ2v) is 10.4. The number of sulfonamides is 2. The molecule has 148 valence electrons. The average Bonchev–Trinajstić information content (AvgIpc) is 3.17. The van der Waals surface area contributed by atoms with Gasteiger partial charge in [-0.3, -0.25) is 9.59 Å². The summed E-state index contributed by atoms with van der Waals surface area (Å²) in [6.07, 6.45) is 0. The van der Waals surface area contributed by atoms with Crippen molar-refractivity contribution in [3.63, 3.8) is 0 Å². The molecule has 27 heavy (non-hydrogen) atoms. The maximum absolute atomic E-state index is 12.6. The zero-order valence-electron chi connectivity index (χ0n) is 19.3. The highest BCUT2D eigenvalue weighted by Crippen LogP contribution is 2.14. The number of carbonyl (C=O) groups excluding carboxylic acids is 2. The Labute approximate surface area is 169 Å². The van der Waals surface area contributed by atoms with Gasteiger partial charge in [0.25, 0.3) is 20.0 Å². The van der Waals surface area contributed by atoms with Crippen molar-refractivity contribution >= 4 is 54.5 Å².